The van der Waals surface area contributed by atoms with E-state index in [0.29, 0.717) is 12.5 Å². The average molecular weight is 204 g/mol. The van der Waals surface area contributed by atoms with Crippen molar-refractivity contribution >= 4 is 0 Å². The maximum atomic E-state index is 10.0. The fourth-order valence-electron chi connectivity index (χ4n) is 3.40. The Bertz CT molecular complexity index is 389. The molecule has 0 radical (unpaired) electrons. The molecule has 1 unspecified atom stereocenters. The molecule has 2 aliphatic carbocycles. The highest BCUT2D eigenvalue weighted by molar-refractivity contribution is 5.46. The summed E-state index contributed by atoms with van der Waals surface area (Å²) in [5.74, 6) is 0.425. The van der Waals surface area contributed by atoms with E-state index < -0.39 is 6.29 Å². The first-order chi connectivity index (χ1) is 7.13. The van der Waals surface area contributed by atoms with Crippen LogP contribution in [0.25, 0.3) is 0 Å². The fraction of sp³-hybridized carbons (Fsp3) is 0.538. The summed E-state index contributed by atoms with van der Waals surface area (Å²) in [6.07, 6.45) is 10.1. The average Bonchev–Trinajstić information content (AvgIpc) is 2.69. The van der Waals surface area contributed by atoms with Crippen molar-refractivity contribution in [2.24, 2.45) is 16.7 Å². The molecule has 1 aliphatic heterocycles. The van der Waals surface area contributed by atoms with Gasteiger partial charge in [-0.05, 0) is 13.8 Å². The van der Waals surface area contributed by atoms with Gasteiger partial charge < -0.3 is 9.84 Å². The van der Waals surface area contributed by atoms with E-state index in [1.54, 1.807) is 0 Å². The second-order valence-corrected chi connectivity index (χ2v) is 5.08. The molecular formula is C13H16O2. The Morgan fingerprint density at radius 3 is 2.93 bits per heavy atom. The molecule has 0 amide bonds. The van der Waals surface area contributed by atoms with E-state index in [2.05, 4.69) is 44.2 Å². The SMILES string of the molecule is CC(C)=C[C@]12C(O)OC[C@]13C=CC=C[C@@H]32. The zero-order valence-corrected chi connectivity index (χ0v) is 9.10. The molecule has 2 fully saturated rings. The molecule has 1 saturated carbocycles. The zero-order valence-electron chi connectivity index (χ0n) is 9.10. The summed E-state index contributed by atoms with van der Waals surface area (Å²) in [4.78, 5) is 0. The second-order valence-electron chi connectivity index (χ2n) is 5.08. The van der Waals surface area contributed by atoms with Crippen LogP contribution < -0.4 is 0 Å². The summed E-state index contributed by atoms with van der Waals surface area (Å²) in [7, 11) is 0. The zero-order chi connectivity index (χ0) is 10.7. The molecule has 2 nitrogen and oxygen atoms in total. The third-order valence-corrected chi connectivity index (χ3v) is 4.02. The van der Waals surface area contributed by atoms with E-state index in [-0.39, 0.29) is 10.8 Å². The molecule has 3 rings (SSSR count). The number of ether oxygens (including phenoxy) is 1. The van der Waals surface area contributed by atoms with Gasteiger partial charge in [0.1, 0.15) is 0 Å². The molecule has 1 N–H and O–H groups in total. The molecule has 15 heavy (non-hydrogen) atoms. The highest BCUT2D eigenvalue weighted by Gasteiger charge is 2.80. The Hall–Kier alpha value is -0.860. The van der Waals surface area contributed by atoms with Crippen LogP contribution in [0.3, 0.4) is 0 Å². The first-order valence-corrected chi connectivity index (χ1v) is 5.45. The van der Waals surface area contributed by atoms with E-state index in [9.17, 15) is 5.11 Å². The number of rotatable bonds is 1. The van der Waals surface area contributed by atoms with Crippen LogP contribution in [0.5, 0.6) is 0 Å². The van der Waals surface area contributed by atoms with Crippen LogP contribution in [0, 0.1) is 16.7 Å². The Morgan fingerprint density at radius 1 is 1.47 bits per heavy atom. The number of aliphatic hydroxyl groups is 1. The minimum atomic E-state index is -0.648. The first-order valence-electron chi connectivity index (χ1n) is 5.45. The van der Waals surface area contributed by atoms with E-state index in [0.717, 1.165) is 0 Å². The van der Waals surface area contributed by atoms with Crippen LogP contribution in [-0.2, 0) is 4.74 Å². The predicted octanol–water partition coefficient (Wildman–Crippen LogP) is 2.03. The molecule has 3 aliphatic rings. The lowest BCUT2D eigenvalue weighted by Crippen LogP contribution is -2.21. The van der Waals surface area contributed by atoms with Gasteiger partial charge in [0.05, 0.1) is 12.0 Å². The quantitative estimate of drug-likeness (QED) is 0.662. The smallest absolute Gasteiger partial charge is 0.165 e. The number of hydrogen-bond donors (Lipinski definition) is 1. The number of allylic oxidation sites excluding steroid dienone is 4. The van der Waals surface area contributed by atoms with Gasteiger partial charge in [-0.3, -0.25) is 0 Å². The predicted molar refractivity (Wildman–Crippen MR) is 58.0 cm³/mol. The summed E-state index contributed by atoms with van der Waals surface area (Å²) in [6.45, 7) is 4.79. The van der Waals surface area contributed by atoms with Gasteiger partial charge in [-0.25, -0.2) is 0 Å². The van der Waals surface area contributed by atoms with Gasteiger partial charge in [-0.2, -0.15) is 0 Å². The van der Waals surface area contributed by atoms with Crippen molar-refractivity contribution in [2.45, 2.75) is 20.1 Å². The third-order valence-electron chi connectivity index (χ3n) is 4.02. The molecule has 0 aromatic heterocycles. The first kappa shape index (κ1) is 9.37. The molecule has 0 bridgehead atoms. The number of hydrogen-bond acceptors (Lipinski definition) is 2. The molecule has 4 atom stereocenters. The largest absolute Gasteiger partial charge is 0.367 e. The summed E-state index contributed by atoms with van der Waals surface area (Å²) in [5.41, 5.74) is 1.10. The van der Waals surface area contributed by atoms with E-state index in [1.807, 2.05) is 0 Å². The molecule has 1 saturated heterocycles. The van der Waals surface area contributed by atoms with E-state index >= 15 is 0 Å². The van der Waals surface area contributed by atoms with Crippen molar-refractivity contribution in [2.75, 3.05) is 6.61 Å². The minimum Gasteiger partial charge on any atom is -0.367 e. The van der Waals surface area contributed by atoms with Gasteiger partial charge in [-0.1, -0.05) is 36.0 Å². The topological polar surface area (TPSA) is 29.5 Å². The van der Waals surface area contributed by atoms with Crippen molar-refractivity contribution in [3.8, 4) is 0 Å². The summed E-state index contributed by atoms with van der Waals surface area (Å²) >= 11 is 0. The number of fused-ring (bicyclic) bond motifs is 1. The molecule has 2 heteroatoms. The van der Waals surface area contributed by atoms with Gasteiger partial charge >= 0.3 is 0 Å². The molecule has 1 spiro atoms. The summed E-state index contributed by atoms with van der Waals surface area (Å²) in [6, 6.07) is 0. The van der Waals surface area contributed by atoms with Crippen LogP contribution >= 0.6 is 0 Å². The van der Waals surface area contributed by atoms with Crippen molar-refractivity contribution in [3.05, 3.63) is 36.0 Å². The maximum absolute atomic E-state index is 10.0. The Balaban J connectivity index is 2.10. The van der Waals surface area contributed by atoms with E-state index in [1.165, 1.54) is 5.57 Å². The standard InChI is InChI=1S/C13H16O2/c1-9(2)7-13-10-5-3-4-6-12(10,13)8-15-11(13)14/h3-7,10-11,14H,8H2,1-2H3/t10-,11?,12-,13-/m0/s1. The number of aliphatic hydroxyl groups excluding tert-OH is 1. The van der Waals surface area contributed by atoms with Gasteiger partial charge in [0.2, 0.25) is 0 Å². The molecular weight excluding hydrogens is 188 g/mol. The second kappa shape index (κ2) is 2.63. The van der Waals surface area contributed by atoms with Crippen molar-refractivity contribution in [3.63, 3.8) is 0 Å². The minimum absolute atomic E-state index is 0.0401. The lowest BCUT2D eigenvalue weighted by Gasteiger charge is -2.16. The highest BCUT2D eigenvalue weighted by Crippen LogP contribution is 2.77. The van der Waals surface area contributed by atoms with Crippen LogP contribution in [0.4, 0.5) is 0 Å². The molecule has 0 aromatic rings. The van der Waals surface area contributed by atoms with Gasteiger partial charge in [0.15, 0.2) is 6.29 Å². The van der Waals surface area contributed by atoms with Gasteiger partial charge in [0.25, 0.3) is 0 Å². The monoisotopic (exact) mass is 204 g/mol. The Labute approximate surface area is 89.9 Å². The summed E-state index contributed by atoms with van der Waals surface area (Å²) in [5, 5.41) is 10.0. The molecule has 1 heterocycles. The fourth-order valence-corrected chi connectivity index (χ4v) is 3.40. The summed E-state index contributed by atoms with van der Waals surface area (Å²) < 4.78 is 5.41. The third kappa shape index (κ3) is 0.876. The Morgan fingerprint density at radius 2 is 2.27 bits per heavy atom. The van der Waals surface area contributed by atoms with Crippen LogP contribution in [0.15, 0.2) is 36.0 Å². The van der Waals surface area contributed by atoms with Crippen LogP contribution in [0.2, 0.25) is 0 Å². The van der Waals surface area contributed by atoms with Crippen LogP contribution in [0.1, 0.15) is 13.8 Å². The maximum Gasteiger partial charge on any atom is 0.165 e. The van der Waals surface area contributed by atoms with Gasteiger partial charge in [-0.15, -0.1) is 0 Å². The highest BCUT2D eigenvalue weighted by atomic mass is 16.6. The van der Waals surface area contributed by atoms with E-state index in [4.69, 9.17) is 4.74 Å². The lowest BCUT2D eigenvalue weighted by molar-refractivity contribution is -0.103. The lowest BCUT2D eigenvalue weighted by atomic mass is 9.92. The van der Waals surface area contributed by atoms with Crippen molar-refractivity contribution in [1.82, 2.24) is 0 Å². The van der Waals surface area contributed by atoms with Gasteiger partial charge in [0, 0.05) is 11.3 Å². The Kier molecular flexibility index (Phi) is 1.64. The molecule has 80 valence electrons. The van der Waals surface area contributed by atoms with Crippen molar-refractivity contribution < 1.29 is 9.84 Å². The molecule has 0 aromatic carbocycles. The normalized spacial score (nSPS) is 49.8. The van der Waals surface area contributed by atoms with Crippen LogP contribution in [-0.4, -0.2) is 18.0 Å². The van der Waals surface area contributed by atoms with Crippen molar-refractivity contribution in [1.29, 1.82) is 0 Å².